The van der Waals surface area contributed by atoms with Crippen molar-refractivity contribution in [2.45, 2.75) is 56.4 Å². The van der Waals surface area contributed by atoms with Crippen LogP contribution in [0.1, 0.15) is 51.1 Å². The average Bonchev–Trinajstić information content (AvgIpc) is 3.37. The molecule has 0 radical (unpaired) electrons. The van der Waals surface area contributed by atoms with Crippen molar-refractivity contribution in [1.82, 2.24) is 10.2 Å². The molecule has 0 saturated carbocycles. The molecule has 0 bridgehead atoms. The lowest BCUT2D eigenvalue weighted by atomic mass is 9.94. The van der Waals surface area contributed by atoms with Crippen LogP contribution in [-0.2, 0) is 22.4 Å². The van der Waals surface area contributed by atoms with E-state index in [4.69, 9.17) is 9.47 Å². The Morgan fingerprint density at radius 2 is 1.73 bits per heavy atom. The van der Waals surface area contributed by atoms with Gasteiger partial charge in [-0.2, -0.15) is 0 Å². The number of likely N-dealkylation sites (N-methyl/N-ethyl adjacent to an activating group) is 1. The van der Waals surface area contributed by atoms with Crippen molar-refractivity contribution in [2.24, 2.45) is 0 Å². The Bertz CT molecular complexity index is 1450. The van der Waals surface area contributed by atoms with Crippen LogP contribution >= 0.6 is 0 Å². The molecule has 2 N–H and O–H groups in total. The summed E-state index contributed by atoms with van der Waals surface area (Å²) >= 11 is 0. The highest BCUT2D eigenvalue weighted by atomic mass is 19.1. The number of benzene rings is 3. The quantitative estimate of drug-likeness (QED) is 0.492. The van der Waals surface area contributed by atoms with E-state index >= 15 is 0 Å². The monoisotopic (exact) mass is 557 g/mol. The van der Waals surface area contributed by atoms with Gasteiger partial charge in [0.2, 0.25) is 5.91 Å². The summed E-state index contributed by atoms with van der Waals surface area (Å²) < 4.78 is 25.6. The predicted octanol–water partition coefficient (Wildman–Crippen LogP) is 4.13. The molecule has 212 valence electrons. The van der Waals surface area contributed by atoms with Crippen LogP contribution < -0.4 is 15.4 Å². The van der Waals surface area contributed by atoms with Crippen molar-refractivity contribution in [2.75, 3.05) is 19.0 Å². The lowest BCUT2D eigenvalue weighted by Crippen LogP contribution is -2.54. The number of halogens is 1. The third-order valence-electron chi connectivity index (χ3n) is 8.21. The lowest BCUT2D eigenvalue weighted by Gasteiger charge is -2.42. The van der Waals surface area contributed by atoms with E-state index < -0.39 is 11.7 Å². The molecule has 2 aliphatic heterocycles. The minimum atomic E-state index is -0.427. The number of nitrogens with zero attached hydrogens (tertiary/aromatic N) is 1. The average molecular weight is 558 g/mol. The van der Waals surface area contributed by atoms with Crippen LogP contribution in [0.5, 0.6) is 5.75 Å². The second kappa shape index (κ2) is 11.3. The Morgan fingerprint density at radius 3 is 2.46 bits per heavy atom. The number of hydrogen-bond acceptors (Lipinski definition) is 5. The summed E-state index contributed by atoms with van der Waals surface area (Å²) in [5.41, 5.74) is 3.64. The smallest absolute Gasteiger partial charge is 0.257 e. The Morgan fingerprint density at radius 1 is 1.00 bits per heavy atom. The first-order chi connectivity index (χ1) is 19.8. The van der Waals surface area contributed by atoms with E-state index in [1.165, 1.54) is 35.4 Å². The summed E-state index contributed by atoms with van der Waals surface area (Å²) in [6.45, 7) is 0.229. The lowest BCUT2D eigenvalue weighted by molar-refractivity contribution is -0.134. The molecule has 8 nitrogen and oxygen atoms in total. The Kier molecular flexibility index (Phi) is 7.45. The fourth-order valence-corrected chi connectivity index (χ4v) is 6.06. The van der Waals surface area contributed by atoms with Gasteiger partial charge in [-0.05, 0) is 79.3 Å². The molecule has 1 fully saturated rings. The summed E-state index contributed by atoms with van der Waals surface area (Å²) in [4.78, 5) is 40.6. The van der Waals surface area contributed by atoms with E-state index in [0.29, 0.717) is 35.4 Å². The van der Waals surface area contributed by atoms with Gasteiger partial charge in [0.1, 0.15) is 24.3 Å². The number of hydrogen-bond donors (Lipinski definition) is 2. The van der Waals surface area contributed by atoms with E-state index in [0.717, 1.165) is 12.8 Å². The van der Waals surface area contributed by atoms with Crippen LogP contribution in [0.15, 0.2) is 66.7 Å². The van der Waals surface area contributed by atoms with Gasteiger partial charge in [0.25, 0.3) is 11.8 Å². The highest BCUT2D eigenvalue weighted by Crippen LogP contribution is 2.33. The van der Waals surface area contributed by atoms with Gasteiger partial charge in [-0.15, -0.1) is 0 Å². The van der Waals surface area contributed by atoms with Crippen LogP contribution in [0.3, 0.4) is 0 Å². The molecule has 2 heterocycles. The maximum absolute atomic E-state index is 13.5. The minimum absolute atomic E-state index is 0.0250. The van der Waals surface area contributed by atoms with Crippen LogP contribution in [-0.4, -0.2) is 60.6 Å². The molecule has 0 spiro atoms. The SMILES string of the molecule is CN1C(=O)c2cc(NC(=O)c3ccc(F)cc3)ccc2OC[C@@H]2O[C@H](CC(=O)NC3Cc4ccccc4C3)CC[C@@H]21. The fourth-order valence-electron chi connectivity index (χ4n) is 6.06. The Balaban J connectivity index is 1.08. The van der Waals surface area contributed by atoms with Gasteiger partial charge in [0.15, 0.2) is 0 Å². The summed E-state index contributed by atoms with van der Waals surface area (Å²) in [5.74, 6) is -0.713. The van der Waals surface area contributed by atoms with Gasteiger partial charge in [-0.1, -0.05) is 24.3 Å². The van der Waals surface area contributed by atoms with E-state index in [1.54, 1.807) is 30.1 Å². The molecule has 0 aromatic heterocycles. The number of ether oxygens (including phenoxy) is 2. The number of amides is 3. The van der Waals surface area contributed by atoms with Crippen LogP contribution in [0.25, 0.3) is 0 Å². The van der Waals surface area contributed by atoms with Crippen molar-refractivity contribution in [3.8, 4) is 5.75 Å². The van der Waals surface area contributed by atoms with E-state index in [2.05, 4.69) is 22.8 Å². The fraction of sp³-hybridized carbons (Fsp3) is 0.344. The van der Waals surface area contributed by atoms with Crippen molar-refractivity contribution in [3.63, 3.8) is 0 Å². The minimum Gasteiger partial charge on any atom is -0.490 e. The molecule has 1 saturated heterocycles. The number of anilines is 1. The van der Waals surface area contributed by atoms with Crippen LogP contribution in [0, 0.1) is 5.82 Å². The Labute approximate surface area is 237 Å². The molecular weight excluding hydrogens is 525 g/mol. The van der Waals surface area contributed by atoms with Crippen LogP contribution in [0.2, 0.25) is 0 Å². The topological polar surface area (TPSA) is 97.0 Å². The summed E-state index contributed by atoms with van der Waals surface area (Å²) in [6, 6.07) is 18.3. The van der Waals surface area contributed by atoms with E-state index in [1.807, 2.05) is 12.1 Å². The van der Waals surface area contributed by atoms with Crippen molar-refractivity contribution < 1.29 is 28.2 Å². The molecule has 0 unspecified atom stereocenters. The van der Waals surface area contributed by atoms with Gasteiger partial charge in [0, 0.05) is 24.3 Å². The highest BCUT2D eigenvalue weighted by molar-refractivity contribution is 6.05. The standard InChI is InChI=1S/C32H32FN3O5/c1-36-27-12-11-25(17-30(37)34-24-14-20-4-2-3-5-21(20)15-24)41-29(27)18-40-28-13-10-23(16-26(28)32(36)39)35-31(38)19-6-8-22(33)9-7-19/h2-10,13,16,24-25,27,29H,11-12,14-15,17-18H2,1H3,(H,34,37)(H,35,38)/t25-,27-,29-/m0/s1. The second-order valence-corrected chi connectivity index (χ2v) is 11.0. The molecule has 3 amide bonds. The first-order valence-corrected chi connectivity index (χ1v) is 14.0. The van der Waals surface area contributed by atoms with Gasteiger partial charge in [-0.3, -0.25) is 14.4 Å². The largest absolute Gasteiger partial charge is 0.490 e. The van der Waals surface area contributed by atoms with Crippen molar-refractivity contribution in [3.05, 3.63) is 94.8 Å². The van der Waals surface area contributed by atoms with E-state index in [-0.39, 0.29) is 49.1 Å². The molecule has 9 heteroatoms. The third kappa shape index (κ3) is 5.81. The zero-order chi connectivity index (χ0) is 28.5. The third-order valence-corrected chi connectivity index (χ3v) is 8.21. The van der Waals surface area contributed by atoms with Gasteiger partial charge in [-0.25, -0.2) is 4.39 Å². The Hall–Kier alpha value is -4.24. The molecule has 3 atom stereocenters. The zero-order valence-electron chi connectivity index (χ0n) is 22.8. The summed E-state index contributed by atoms with van der Waals surface area (Å²) in [7, 11) is 1.74. The normalized spacial score (nSPS) is 22.0. The van der Waals surface area contributed by atoms with Gasteiger partial charge in [0.05, 0.1) is 24.1 Å². The number of carbonyl (C=O) groups excluding carboxylic acids is 3. The summed E-state index contributed by atoms with van der Waals surface area (Å²) in [5, 5.41) is 5.93. The molecule has 1 aliphatic carbocycles. The zero-order valence-corrected chi connectivity index (χ0v) is 22.8. The van der Waals surface area contributed by atoms with Gasteiger partial charge < -0.3 is 25.0 Å². The van der Waals surface area contributed by atoms with Crippen molar-refractivity contribution >= 4 is 23.4 Å². The molecule has 6 rings (SSSR count). The van der Waals surface area contributed by atoms with Crippen LogP contribution in [0.4, 0.5) is 10.1 Å². The molecule has 3 aromatic rings. The van der Waals surface area contributed by atoms with E-state index in [9.17, 15) is 18.8 Å². The number of carbonyl (C=O) groups is 3. The first kappa shape index (κ1) is 27.0. The highest BCUT2D eigenvalue weighted by Gasteiger charge is 2.39. The maximum Gasteiger partial charge on any atom is 0.257 e. The molecule has 41 heavy (non-hydrogen) atoms. The number of rotatable bonds is 5. The molecule has 3 aliphatic rings. The summed E-state index contributed by atoms with van der Waals surface area (Å²) in [6.07, 6.45) is 2.65. The first-order valence-electron chi connectivity index (χ1n) is 14.0. The predicted molar refractivity (Wildman–Crippen MR) is 150 cm³/mol. The van der Waals surface area contributed by atoms with Crippen molar-refractivity contribution in [1.29, 1.82) is 0 Å². The van der Waals surface area contributed by atoms with Gasteiger partial charge >= 0.3 is 0 Å². The molecular formula is C32H32FN3O5. The number of nitrogens with one attached hydrogen (secondary N) is 2. The second-order valence-electron chi connectivity index (χ2n) is 11.0. The number of fused-ring (bicyclic) bond motifs is 3. The maximum atomic E-state index is 13.5. The molecule has 3 aromatic carbocycles.